The highest BCUT2D eigenvalue weighted by Gasteiger charge is 2.08. The van der Waals surface area contributed by atoms with Gasteiger partial charge >= 0.3 is 0 Å². The minimum atomic E-state index is -0.382. The Morgan fingerprint density at radius 1 is 1.29 bits per heavy atom. The zero-order valence-electron chi connectivity index (χ0n) is 9.07. The number of carbonyl (C=O) groups excluding carboxylic acids is 2. The molecular weight excluding hydrogens is 304 g/mol. The second kappa shape index (κ2) is 7.03. The molecule has 0 fully saturated rings. The molecule has 0 radical (unpaired) electrons. The number of hydrazine groups is 1. The lowest BCUT2D eigenvalue weighted by molar-refractivity contribution is -0.117. The average molecular weight is 315 g/mol. The Labute approximate surface area is 112 Å². The van der Waals surface area contributed by atoms with Gasteiger partial charge in [0.1, 0.15) is 0 Å². The number of hydrogen-bond donors (Lipinski definition) is 2. The van der Waals surface area contributed by atoms with E-state index in [-0.39, 0.29) is 11.8 Å². The minimum absolute atomic E-state index is 0.339. The maximum Gasteiger partial charge on any atom is 0.279 e. The van der Waals surface area contributed by atoms with Crippen LogP contribution in [0.15, 0.2) is 40.2 Å². The van der Waals surface area contributed by atoms with Gasteiger partial charge in [-0.15, -0.1) is 11.3 Å². The number of halogens is 1. The van der Waals surface area contributed by atoms with Crippen LogP contribution in [0.3, 0.4) is 0 Å². The fourth-order valence-electron chi connectivity index (χ4n) is 0.912. The number of rotatable bonds is 3. The Kier molecular flexibility index (Phi) is 5.65. The van der Waals surface area contributed by atoms with Gasteiger partial charge < -0.3 is 0 Å². The molecule has 6 heteroatoms. The molecule has 0 unspecified atom stereocenters. The number of nitrogens with one attached hydrogen (secondary N) is 2. The standard InChI is InChI=1S/C11H11BrN2O2S/c1-2-3-4-5-10(15)13-14-11(16)8-6-7-9(12)17-8/h2-7H,1H3,(H,13,15)(H,14,16)/b3-2+,5-4+. The summed E-state index contributed by atoms with van der Waals surface area (Å²) in [5.41, 5.74) is 4.60. The Morgan fingerprint density at radius 3 is 2.65 bits per heavy atom. The molecule has 0 aliphatic carbocycles. The van der Waals surface area contributed by atoms with E-state index in [1.807, 2.05) is 6.92 Å². The first-order valence-electron chi connectivity index (χ1n) is 4.78. The van der Waals surface area contributed by atoms with Crippen molar-refractivity contribution in [2.45, 2.75) is 6.92 Å². The molecule has 1 rings (SSSR count). The van der Waals surface area contributed by atoms with Gasteiger partial charge in [0.15, 0.2) is 0 Å². The van der Waals surface area contributed by atoms with Crippen molar-refractivity contribution in [2.24, 2.45) is 0 Å². The van der Waals surface area contributed by atoms with Crippen LogP contribution in [0.5, 0.6) is 0 Å². The lowest BCUT2D eigenvalue weighted by Gasteiger charge is -2.02. The molecule has 0 aliphatic rings. The number of carbonyl (C=O) groups is 2. The molecule has 0 aromatic carbocycles. The molecule has 0 atom stereocenters. The van der Waals surface area contributed by atoms with Crippen LogP contribution < -0.4 is 10.9 Å². The van der Waals surface area contributed by atoms with Crippen molar-refractivity contribution in [1.29, 1.82) is 0 Å². The van der Waals surface area contributed by atoms with Crippen molar-refractivity contribution in [3.05, 3.63) is 45.1 Å². The third-order valence-electron chi connectivity index (χ3n) is 1.65. The molecule has 0 saturated carbocycles. The van der Waals surface area contributed by atoms with E-state index in [2.05, 4.69) is 26.8 Å². The number of amides is 2. The quantitative estimate of drug-likeness (QED) is 0.511. The topological polar surface area (TPSA) is 58.2 Å². The van der Waals surface area contributed by atoms with Gasteiger partial charge in [-0.05, 0) is 35.0 Å². The van der Waals surface area contributed by atoms with E-state index in [4.69, 9.17) is 0 Å². The van der Waals surface area contributed by atoms with Crippen molar-refractivity contribution in [3.63, 3.8) is 0 Å². The molecule has 4 nitrogen and oxygen atoms in total. The van der Waals surface area contributed by atoms with Crippen molar-refractivity contribution in [1.82, 2.24) is 10.9 Å². The first kappa shape index (κ1) is 13.7. The van der Waals surface area contributed by atoms with E-state index in [1.165, 1.54) is 17.4 Å². The summed E-state index contributed by atoms with van der Waals surface area (Å²) in [5.74, 6) is -0.722. The molecule has 0 bridgehead atoms. The molecule has 0 aliphatic heterocycles. The summed E-state index contributed by atoms with van der Waals surface area (Å²) in [4.78, 5) is 23.2. The van der Waals surface area contributed by atoms with Crippen molar-refractivity contribution < 1.29 is 9.59 Å². The first-order valence-corrected chi connectivity index (χ1v) is 6.39. The Hall–Kier alpha value is -1.40. The number of thiophene rings is 1. The predicted octanol–water partition coefficient (Wildman–Crippen LogP) is 2.40. The second-order valence-corrected chi connectivity index (χ2v) is 5.40. The van der Waals surface area contributed by atoms with Gasteiger partial charge in [-0.3, -0.25) is 20.4 Å². The largest absolute Gasteiger partial charge is 0.279 e. The summed E-state index contributed by atoms with van der Waals surface area (Å²) < 4.78 is 0.863. The molecule has 1 aromatic heterocycles. The van der Waals surface area contributed by atoms with E-state index >= 15 is 0 Å². The molecule has 1 aromatic rings. The molecule has 0 saturated heterocycles. The molecule has 17 heavy (non-hydrogen) atoms. The Bertz CT molecular complexity index is 466. The second-order valence-electron chi connectivity index (χ2n) is 2.93. The molecule has 1 heterocycles. The van der Waals surface area contributed by atoms with E-state index in [1.54, 1.807) is 30.4 Å². The number of allylic oxidation sites excluding steroid dienone is 3. The van der Waals surface area contributed by atoms with Gasteiger partial charge in [0.05, 0.1) is 8.66 Å². The van der Waals surface area contributed by atoms with Crippen LogP contribution in [0.4, 0.5) is 0 Å². The van der Waals surface area contributed by atoms with Gasteiger partial charge in [0.25, 0.3) is 11.8 Å². The SMILES string of the molecule is C/C=C/C=C/C(=O)NNC(=O)c1ccc(Br)s1. The van der Waals surface area contributed by atoms with E-state index < -0.39 is 0 Å². The highest BCUT2D eigenvalue weighted by molar-refractivity contribution is 9.11. The van der Waals surface area contributed by atoms with Crippen molar-refractivity contribution in [2.75, 3.05) is 0 Å². The minimum Gasteiger partial charge on any atom is -0.268 e. The highest BCUT2D eigenvalue weighted by atomic mass is 79.9. The van der Waals surface area contributed by atoms with Crippen LogP contribution in [0.25, 0.3) is 0 Å². The van der Waals surface area contributed by atoms with Gasteiger partial charge in [-0.2, -0.15) is 0 Å². The van der Waals surface area contributed by atoms with Crippen LogP contribution in [0.2, 0.25) is 0 Å². The summed E-state index contributed by atoms with van der Waals surface area (Å²) in [6, 6.07) is 3.44. The van der Waals surface area contributed by atoms with Crippen LogP contribution in [-0.4, -0.2) is 11.8 Å². The summed E-state index contributed by atoms with van der Waals surface area (Å²) in [6.07, 6.45) is 6.43. The van der Waals surface area contributed by atoms with Gasteiger partial charge in [0, 0.05) is 6.08 Å². The summed E-state index contributed by atoms with van der Waals surface area (Å²) in [5, 5.41) is 0. The van der Waals surface area contributed by atoms with Crippen LogP contribution in [-0.2, 0) is 4.79 Å². The predicted molar refractivity (Wildman–Crippen MR) is 71.6 cm³/mol. The maximum atomic E-state index is 11.5. The van der Waals surface area contributed by atoms with Gasteiger partial charge in [0.2, 0.25) is 0 Å². The fraction of sp³-hybridized carbons (Fsp3) is 0.0909. The van der Waals surface area contributed by atoms with Crippen LogP contribution in [0.1, 0.15) is 16.6 Å². The molecule has 90 valence electrons. The van der Waals surface area contributed by atoms with Crippen LogP contribution in [0, 0.1) is 0 Å². The lowest BCUT2D eigenvalue weighted by Crippen LogP contribution is -2.40. The average Bonchev–Trinajstić information content (AvgIpc) is 2.73. The molecule has 2 amide bonds. The highest BCUT2D eigenvalue weighted by Crippen LogP contribution is 2.21. The summed E-state index contributed by atoms with van der Waals surface area (Å²) in [7, 11) is 0. The number of hydrogen-bond acceptors (Lipinski definition) is 3. The normalized spacial score (nSPS) is 10.9. The summed E-state index contributed by atoms with van der Waals surface area (Å²) >= 11 is 4.55. The van der Waals surface area contributed by atoms with Gasteiger partial charge in [-0.25, -0.2) is 0 Å². The van der Waals surface area contributed by atoms with E-state index in [9.17, 15) is 9.59 Å². The fourth-order valence-corrected chi connectivity index (χ4v) is 2.19. The maximum absolute atomic E-state index is 11.5. The van der Waals surface area contributed by atoms with E-state index in [0.717, 1.165) is 3.79 Å². The monoisotopic (exact) mass is 314 g/mol. The third-order valence-corrected chi connectivity index (χ3v) is 3.27. The van der Waals surface area contributed by atoms with Crippen molar-refractivity contribution >= 4 is 39.1 Å². The third kappa shape index (κ3) is 4.97. The first-order chi connectivity index (χ1) is 8.13. The molecule has 0 spiro atoms. The molecule has 2 N–H and O–H groups in total. The van der Waals surface area contributed by atoms with Crippen molar-refractivity contribution in [3.8, 4) is 0 Å². The zero-order valence-corrected chi connectivity index (χ0v) is 11.5. The van der Waals surface area contributed by atoms with Crippen LogP contribution >= 0.6 is 27.3 Å². The smallest absolute Gasteiger partial charge is 0.268 e. The Balaban J connectivity index is 2.41. The molecular formula is C11H11BrN2O2S. The van der Waals surface area contributed by atoms with Gasteiger partial charge in [-0.1, -0.05) is 18.2 Å². The Morgan fingerprint density at radius 2 is 2.06 bits per heavy atom. The zero-order chi connectivity index (χ0) is 12.7. The lowest BCUT2D eigenvalue weighted by atomic mass is 10.4. The van der Waals surface area contributed by atoms with E-state index in [0.29, 0.717) is 4.88 Å². The summed E-state index contributed by atoms with van der Waals surface area (Å²) in [6.45, 7) is 1.85.